The number of hydrazine groups is 1. The number of halogens is 2. The number of nitrogens with one attached hydrogen (secondary N) is 2. The van der Waals surface area contributed by atoms with Gasteiger partial charge >= 0.3 is 0 Å². The Balaban J connectivity index is 2.02. The van der Waals surface area contributed by atoms with Crippen molar-refractivity contribution in [3.05, 3.63) is 65.7 Å². The number of benzene rings is 2. The Bertz CT molecular complexity index is 538. The van der Waals surface area contributed by atoms with Crippen LogP contribution in [-0.4, -0.2) is 4.99 Å². The molecule has 0 heterocycles. The highest BCUT2D eigenvalue weighted by atomic mass is 32.1. The van der Waals surface area contributed by atoms with Gasteiger partial charge in [-0.3, -0.25) is 10.9 Å². The van der Waals surface area contributed by atoms with E-state index in [0.29, 0.717) is 4.99 Å². The van der Waals surface area contributed by atoms with Crippen molar-refractivity contribution in [3.8, 4) is 0 Å². The molecule has 2 nitrogen and oxygen atoms in total. The molecule has 0 aliphatic rings. The fourth-order valence-electron chi connectivity index (χ4n) is 1.42. The molecule has 2 aromatic rings. The third-order valence-electron chi connectivity index (χ3n) is 2.22. The fraction of sp³-hybridized carbons (Fsp3) is 0. The number of thiocarbonyl (C=S) groups is 1. The third-order valence-corrected chi connectivity index (χ3v) is 2.56. The van der Waals surface area contributed by atoms with Crippen LogP contribution in [0.5, 0.6) is 0 Å². The van der Waals surface area contributed by atoms with E-state index in [1.165, 1.54) is 12.1 Å². The Labute approximate surface area is 109 Å². The van der Waals surface area contributed by atoms with Crippen LogP contribution >= 0.6 is 12.2 Å². The van der Waals surface area contributed by atoms with Crippen molar-refractivity contribution in [2.24, 2.45) is 0 Å². The first-order valence-electron chi connectivity index (χ1n) is 5.22. The number of hydrogen-bond acceptors (Lipinski definition) is 2. The Morgan fingerprint density at radius 1 is 0.944 bits per heavy atom. The Hall–Kier alpha value is -2.01. The van der Waals surface area contributed by atoms with E-state index in [0.717, 1.165) is 11.6 Å². The molecule has 2 aromatic carbocycles. The van der Waals surface area contributed by atoms with Crippen LogP contribution < -0.4 is 10.9 Å². The molecule has 2 N–H and O–H groups in total. The summed E-state index contributed by atoms with van der Waals surface area (Å²) in [6.07, 6.45) is 0. The van der Waals surface area contributed by atoms with E-state index < -0.39 is 11.6 Å². The van der Waals surface area contributed by atoms with Crippen LogP contribution in [0.15, 0.2) is 48.5 Å². The molecule has 0 radical (unpaired) electrons. The molecule has 2 rings (SSSR count). The highest BCUT2D eigenvalue weighted by Crippen LogP contribution is 2.12. The topological polar surface area (TPSA) is 24.1 Å². The van der Waals surface area contributed by atoms with Gasteiger partial charge in [0.1, 0.15) is 16.6 Å². The molecule has 0 atom stereocenters. The van der Waals surface area contributed by atoms with Crippen molar-refractivity contribution in [2.75, 3.05) is 5.43 Å². The largest absolute Gasteiger partial charge is 0.300 e. The normalized spacial score (nSPS) is 9.89. The molecule has 18 heavy (non-hydrogen) atoms. The highest BCUT2D eigenvalue weighted by Gasteiger charge is 2.02. The van der Waals surface area contributed by atoms with Gasteiger partial charge in [0, 0.05) is 11.6 Å². The molecule has 0 unspecified atom stereocenters. The molecule has 0 aliphatic carbocycles. The minimum Gasteiger partial charge on any atom is -0.300 e. The quantitative estimate of drug-likeness (QED) is 0.657. The summed E-state index contributed by atoms with van der Waals surface area (Å²) in [6, 6.07) is 12.4. The predicted molar refractivity (Wildman–Crippen MR) is 71.3 cm³/mol. The van der Waals surface area contributed by atoms with E-state index in [2.05, 4.69) is 10.9 Å². The van der Waals surface area contributed by atoms with Crippen LogP contribution in [0.2, 0.25) is 0 Å². The molecule has 0 amide bonds. The van der Waals surface area contributed by atoms with Gasteiger partial charge in [0.15, 0.2) is 0 Å². The maximum Gasteiger partial charge on any atom is 0.128 e. The molecule has 5 heteroatoms. The van der Waals surface area contributed by atoms with Crippen molar-refractivity contribution in [1.29, 1.82) is 0 Å². The van der Waals surface area contributed by atoms with E-state index in [1.54, 1.807) is 0 Å². The standard InChI is InChI=1S/C13H10F2N2S/c14-10-6-11(15)8-12(7-10)16-17-13(18)9-4-2-1-3-5-9/h1-8,16H,(H,17,18). The van der Waals surface area contributed by atoms with Crippen molar-refractivity contribution < 1.29 is 8.78 Å². The van der Waals surface area contributed by atoms with Gasteiger partial charge in [0.2, 0.25) is 0 Å². The minimum absolute atomic E-state index is 0.269. The van der Waals surface area contributed by atoms with Crippen LogP contribution in [0.3, 0.4) is 0 Å². The van der Waals surface area contributed by atoms with E-state index in [9.17, 15) is 8.78 Å². The molecule has 0 saturated carbocycles. The SMILES string of the molecule is Fc1cc(F)cc(NNC(=S)c2ccccc2)c1. The minimum atomic E-state index is -0.648. The number of rotatable bonds is 3. The monoisotopic (exact) mass is 264 g/mol. The van der Waals surface area contributed by atoms with Gasteiger partial charge in [-0.25, -0.2) is 8.78 Å². The number of anilines is 1. The summed E-state index contributed by atoms with van der Waals surface area (Å²) >= 11 is 5.12. The van der Waals surface area contributed by atoms with Gasteiger partial charge in [0.05, 0.1) is 5.69 Å². The Kier molecular flexibility index (Phi) is 3.84. The molecular formula is C13H10F2N2S. The molecule has 0 bridgehead atoms. The second kappa shape index (κ2) is 5.55. The van der Waals surface area contributed by atoms with Gasteiger partial charge in [-0.1, -0.05) is 42.5 Å². The van der Waals surface area contributed by atoms with Crippen LogP contribution in [0.25, 0.3) is 0 Å². The second-order valence-corrected chi connectivity index (χ2v) is 4.01. The van der Waals surface area contributed by atoms with Gasteiger partial charge in [-0.2, -0.15) is 0 Å². The molecule has 0 aromatic heterocycles. The van der Waals surface area contributed by atoms with Crippen molar-refractivity contribution in [3.63, 3.8) is 0 Å². The van der Waals surface area contributed by atoms with Crippen molar-refractivity contribution in [1.82, 2.24) is 5.43 Å². The Morgan fingerprint density at radius 2 is 1.56 bits per heavy atom. The van der Waals surface area contributed by atoms with Gasteiger partial charge < -0.3 is 0 Å². The van der Waals surface area contributed by atoms with E-state index in [1.807, 2.05) is 30.3 Å². The van der Waals surface area contributed by atoms with E-state index >= 15 is 0 Å². The molecule has 0 aliphatic heterocycles. The average Bonchev–Trinajstić information content (AvgIpc) is 2.36. The summed E-state index contributed by atoms with van der Waals surface area (Å²) in [5.74, 6) is -1.30. The summed E-state index contributed by atoms with van der Waals surface area (Å²) in [7, 11) is 0. The molecule has 0 fully saturated rings. The summed E-state index contributed by atoms with van der Waals surface area (Å²) in [5.41, 5.74) is 6.46. The molecular weight excluding hydrogens is 254 g/mol. The molecule has 0 spiro atoms. The first kappa shape index (κ1) is 12.4. The average molecular weight is 264 g/mol. The zero-order valence-corrected chi connectivity index (χ0v) is 10.1. The third kappa shape index (κ3) is 3.24. The van der Waals surface area contributed by atoms with Crippen LogP contribution in [0.4, 0.5) is 14.5 Å². The van der Waals surface area contributed by atoms with Crippen molar-refractivity contribution >= 4 is 22.9 Å². The predicted octanol–water partition coefficient (Wildman–Crippen LogP) is 3.26. The van der Waals surface area contributed by atoms with Crippen LogP contribution in [0.1, 0.15) is 5.56 Å². The fourth-order valence-corrected chi connectivity index (χ4v) is 1.60. The lowest BCUT2D eigenvalue weighted by atomic mass is 10.2. The molecule has 0 saturated heterocycles. The smallest absolute Gasteiger partial charge is 0.128 e. The summed E-state index contributed by atoms with van der Waals surface area (Å²) in [6.45, 7) is 0. The maximum atomic E-state index is 12.9. The lowest BCUT2D eigenvalue weighted by molar-refractivity contribution is 0.584. The van der Waals surface area contributed by atoms with E-state index in [4.69, 9.17) is 12.2 Å². The van der Waals surface area contributed by atoms with Crippen LogP contribution in [-0.2, 0) is 0 Å². The van der Waals surface area contributed by atoms with E-state index in [-0.39, 0.29) is 5.69 Å². The Morgan fingerprint density at radius 3 is 2.17 bits per heavy atom. The first-order chi connectivity index (χ1) is 8.65. The zero-order chi connectivity index (χ0) is 13.0. The highest BCUT2D eigenvalue weighted by molar-refractivity contribution is 7.80. The molecule has 92 valence electrons. The summed E-state index contributed by atoms with van der Waals surface area (Å²) in [4.78, 5) is 0.445. The van der Waals surface area contributed by atoms with Crippen molar-refractivity contribution in [2.45, 2.75) is 0 Å². The van der Waals surface area contributed by atoms with Gasteiger partial charge in [-0.05, 0) is 12.1 Å². The lowest BCUT2D eigenvalue weighted by Crippen LogP contribution is -2.28. The van der Waals surface area contributed by atoms with Gasteiger partial charge in [0.25, 0.3) is 0 Å². The summed E-state index contributed by atoms with van der Waals surface area (Å²) < 4.78 is 25.9. The number of hydrogen-bond donors (Lipinski definition) is 2. The zero-order valence-electron chi connectivity index (χ0n) is 9.28. The van der Waals surface area contributed by atoms with Gasteiger partial charge in [-0.15, -0.1) is 0 Å². The second-order valence-electron chi connectivity index (χ2n) is 3.60. The maximum absolute atomic E-state index is 12.9. The lowest BCUT2D eigenvalue weighted by Gasteiger charge is -2.10. The summed E-state index contributed by atoms with van der Waals surface area (Å²) in [5, 5.41) is 0. The first-order valence-corrected chi connectivity index (χ1v) is 5.63. The van der Waals surface area contributed by atoms with Crippen LogP contribution in [0, 0.1) is 11.6 Å².